The van der Waals surface area contributed by atoms with Crippen LogP contribution in [0, 0.1) is 0 Å². The van der Waals surface area contributed by atoms with Crippen molar-refractivity contribution in [2.24, 2.45) is 4.99 Å². The van der Waals surface area contributed by atoms with E-state index in [1.165, 1.54) is 0 Å². The van der Waals surface area contributed by atoms with Gasteiger partial charge in [-0.3, -0.25) is 10.1 Å². The number of amides is 1. The van der Waals surface area contributed by atoms with Gasteiger partial charge in [-0.05, 0) is 43.2 Å². The van der Waals surface area contributed by atoms with Crippen LogP contribution in [0.1, 0.15) is 23.2 Å². The Morgan fingerprint density at radius 2 is 2.04 bits per heavy atom. The third-order valence-electron chi connectivity index (χ3n) is 4.40. The van der Waals surface area contributed by atoms with Crippen molar-refractivity contribution in [2.45, 2.75) is 18.9 Å². The van der Waals surface area contributed by atoms with Crippen molar-refractivity contribution in [2.75, 3.05) is 32.7 Å². The molecule has 148 valence electrons. The Labute approximate surface area is 164 Å². The van der Waals surface area contributed by atoms with Crippen molar-refractivity contribution in [1.29, 1.82) is 0 Å². The second kappa shape index (κ2) is 9.75. The summed E-state index contributed by atoms with van der Waals surface area (Å²) in [4.78, 5) is 17.3. The molecule has 0 saturated carbocycles. The van der Waals surface area contributed by atoms with Gasteiger partial charge in [-0.25, -0.2) is 4.99 Å². The van der Waals surface area contributed by atoms with Gasteiger partial charge in [0.05, 0.1) is 32.6 Å². The van der Waals surface area contributed by atoms with Crippen LogP contribution in [0.3, 0.4) is 0 Å². The molecule has 1 amide bonds. The van der Waals surface area contributed by atoms with Gasteiger partial charge in [0.2, 0.25) is 5.96 Å². The lowest BCUT2D eigenvalue weighted by Gasteiger charge is -2.15. The number of rotatable bonds is 6. The van der Waals surface area contributed by atoms with Crippen molar-refractivity contribution in [3.63, 3.8) is 0 Å². The van der Waals surface area contributed by atoms with Crippen molar-refractivity contribution in [1.82, 2.24) is 5.32 Å². The zero-order chi connectivity index (χ0) is 19.8. The van der Waals surface area contributed by atoms with Gasteiger partial charge in [-0.15, -0.1) is 0 Å². The molecule has 7 heteroatoms. The molecule has 2 aromatic rings. The molecule has 2 aromatic carbocycles. The van der Waals surface area contributed by atoms with E-state index < -0.39 is 0 Å². The molecule has 1 saturated heterocycles. The molecule has 0 radical (unpaired) electrons. The number of carbonyl (C=O) groups excluding carboxylic acids is 1. The summed E-state index contributed by atoms with van der Waals surface area (Å²) >= 11 is 0. The van der Waals surface area contributed by atoms with Crippen LogP contribution in [0.25, 0.3) is 0 Å². The summed E-state index contributed by atoms with van der Waals surface area (Å²) in [6.45, 7) is 1.22. The van der Waals surface area contributed by atoms with Gasteiger partial charge >= 0.3 is 0 Å². The first-order valence-electron chi connectivity index (χ1n) is 9.21. The quantitative estimate of drug-likeness (QED) is 0.592. The number of benzene rings is 2. The van der Waals surface area contributed by atoms with Crippen molar-refractivity contribution in [3.05, 3.63) is 54.1 Å². The normalized spacial score (nSPS) is 16.5. The van der Waals surface area contributed by atoms with Gasteiger partial charge in [-0.1, -0.05) is 18.2 Å². The van der Waals surface area contributed by atoms with E-state index in [-0.39, 0.29) is 12.0 Å². The van der Waals surface area contributed by atoms with Gasteiger partial charge in [-0.2, -0.15) is 0 Å². The Kier molecular flexibility index (Phi) is 6.86. The van der Waals surface area contributed by atoms with E-state index in [0.29, 0.717) is 35.3 Å². The molecule has 0 spiro atoms. The van der Waals surface area contributed by atoms with Crippen LogP contribution in [0.4, 0.5) is 5.69 Å². The third-order valence-corrected chi connectivity index (χ3v) is 4.40. The van der Waals surface area contributed by atoms with E-state index in [4.69, 9.17) is 14.2 Å². The first-order valence-corrected chi connectivity index (χ1v) is 9.21. The van der Waals surface area contributed by atoms with E-state index >= 15 is 0 Å². The van der Waals surface area contributed by atoms with Gasteiger partial charge in [0.1, 0.15) is 11.5 Å². The number of methoxy groups -OCH3 is 2. The number of anilines is 1. The van der Waals surface area contributed by atoms with Crippen molar-refractivity contribution < 1.29 is 19.0 Å². The summed E-state index contributed by atoms with van der Waals surface area (Å²) < 4.78 is 16.2. The fourth-order valence-corrected chi connectivity index (χ4v) is 2.91. The standard InChI is InChI=1S/C21H25N3O4/c1-26-16-8-5-7-15(13-16)20(25)24-21(22-14-17-9-6-12-28-17)23-18-10-3-4-11-19(18)27-2/h3-5,7-8,10-11,13,17H,6,9,12,14H2,1-2H3,(H2,22,23,24,25). The largest absolute Gasteiger partial charge is 0.497 e. The highest BCUT2D eigenvalue weighted by atomic mass is 16.5. The molecule has 1 heterocycles. The molecule has 0 bridgehead atoms. The van der Waals surface area contributed by atoms with Crippen LogP contribution in [0.15, 0.2) is 53.5 Å². The molecule has 0 aliphatic carbocycles. The van der Waals surface area contributed by atoms with Crippen LogP contribution in [0.2, 0.25) is 0 Å². The number of para-hydroxylation sites is 2. The van der Waals surface area contributed by atoms with Gasteiger partial charge in [0.15, 0.2) is 0 Å². The maximum atomic E-state index is 12.7. The molecule has 28 heavy (non-hydrogen) atoms. The van der Waals surface area contributed by atoms with E-state index in [9.17, 15) is 4.79 Å². The smallest absolute Gasteiger partial charge is 0.258 e. The number of guanidine groups is 1. The molecule has 1 aliphatic rings. The molecule has 2 N–H and O–H groups in total. The summed E-state index contributed by atoms with van der Waals surface area (Å²) in [6, 6.07) is 14.4. The second-order valence-electron chi connectivity index (χ2n) is 6.34. The predicted molar refractivity (Wildman–Crippen MR) is 108 cm³/mol. The van der Waals surface area contributed by atoms with E-state index in [0.717, 1.165) is 19.4 Å². The molecule has 0 aromatic heterocycles. The first kappa shape index (κ1) is 19.7. The molecular formula is C21H25N3O4. The number of hydrogen-bond donors (Lipinski definition) is 2. The summed E-state index contributed by atoms with van der Waals surface area (Å²) in [6.07, 6.45) is 2.07. The van der Waals surface area contributed by atoms with Crippen LogP contribution >= 0.6 is 0 Å². The van der Waals surface area contributed by atoms with Crippen LogP contribution in [-0.2, 0) is 4.74 Å². The molecule has 1 atom stereocenters. The van der Waals surface area contributed by atoms with Gasteiger partial charge in [0.25, 0.3) is 5.91 Å². The zero-order valence-electron chi connectivity index (χ0n) is 16.1. The Morgan fingerprint density at radius 1 is 1.18 bits per heavy atom. The average Bonchev–Trinajstić information content (AvgIpc) is 3.26. The lowest BCUT2D eigenvalue weighted by atomic mass is 10.2. The van der Waals surface area contributed by atoms with Gasteiger partial charge in [0, 0.05) is 12.2 Å². The molecule has 3 rings (SSSR count). The summed E-state index contributed by atoms with van der Waals surface area (Å²) in [7, 11) is 3.16. The lowest BCUT2D eigenvalue weighted by Crippen LogP contribution is -2.36. The minimum Gasteiger partial charge on any atom is -0.497 e. The molecule has 7 nitrogen and oxygen atoms in total. The average molecular weight is 383 g/mol. The van der Waals surface area contributed by atoms with E-state index in [2.05, 4.69) is 15.6 Å². The number of nitrogens with zero attached hydrogens (tertiary/aromatic N) is 1. The maximum Gasteiger partial charge on any atom is 0.258 e. The zero-order valence-corrected chi connectivity index (χ0v) is 16.1. The SMILES string of the molecule is COc1cccc(C(=O)NC(=NCC2CCCO2)Nc2ccccc2OC)c1. The summed E-state index contributed by atoms with van der Waals surface area (Å²) in [5, 5.41) is 6.00. The summed E-state index contributed by atoms with van der Waals surface area (Å²) in [5.41, 5.74) is 1.19. The molecular weight excluding hydrogens is 358 g/mol. The fourth-order valence-electron chi connectivity index (χ4n) is 2.91. The molecule has 1 fully saturated rings. The number of nitrogens with one attached hydrogen (secondary N) is 2. The summed E-state index contributed by atoms with van der Waals surface area (Å²) in [5.74, 6) is 1.33. The number of aliphatic imine (C=N–C) groups is 1. The fraction of sp³-hybridized carbons (Fsp3) is 0.333. The number of ether oxygens (including phenoxy) is 3. The third kappa shape index (κ3) is 5.23. The van der Waals surface area contributed by atoms with Crippen LogP contribution in [0.5, 0.6) is 11.5 Å². The highest BCUT2D eigenvalue weighted by Gasteiger charge is 2.17. The predicted octanol–water partition coefficient (Wildman–Crippen LogP) is 3.08. The van der Waals surface area contributed by atoms with Crippen molar-refractivity contribution in [3.8, 4) is 11.5 Å². The molecule has 1 aliphatic heterocycles. The Morgan fingerprint density at radius 3 is 2.79 bits per heavy atom. The minimum absolute atomic E-state index is 0.0724. The Balaban J connectivity index is 1.78. The Hall–Kier alpha value is -3.06. The highest BCUT2D eigenvalue weighted by molar-refractivity contribution is 6.10. The number of carbonyl (C=O) groups is 1. The Bertz CT molecular complexity index is 832. The van der Waals surface area contributed by atoms with Crippen LogP contribution in [-0.4, -0.2) is 45.3 Å². The highest BCUT2D eigenvalue weighted by Crippen LogP contribution is 2.23. The van der Waals surface area contributed by atoms with E-state index in [1.54, 1.807) is 38.5 Å². The van der Waals surface area contributed by atoms with Gasteiger partial charge < -0.3 is 19.5 Å². The monoisotopic (exact) mass is 383 g/mol. The molecule has 1 unspecified atom stereocenters. The number of hydrogen-bond acceptors (Lipinski definition) is 5. The lowest BCUT2D eigenvalue weighted by molar-refractivity contribution is 0.0975. The maximum absolute atomic E-state index is 12.7. The van der Waals surface area contributed by atoms with Crippen LogP contribution < -0.4 is 20.1 Å². The second-order valence-corrected chi connectivity index (χ2v) is 6.34. The van der Waals surface area contributed by atoms with E-state index in [1.807, 2.05) is 24.3 Å². The first-order chi connectivity index (χ1) is 13.7. The minimum atomic E-state index is -0.285. The topological polar surface area (TPSA) is 81.2 Å². The van der Waals surface area contributed by atoms with Crippen molar-refractivity contribution >= 4 is 17.6 Å².